The highest BCUT2D eigenvalue weighted by molar-refractivity contribution is 5.98. The number of rotatable bonds is 4. The molecule has 2 aliphatic rings. The number of hydrogen-bond acceptors (Lipinski definition) is 4. The number of amides is 1. The van der Waals surface area contributed by atoms with Crippen molar-refractivity contribution in [3.05, 3.63) is 71.3 Å². The standard InChI is InChI=1S/C23H23F3N2O4/c24-23(25,26)18-9-5-4-8-17(18)20(29)28-19(21(30)31)15-32-22(28)10-12-27(13-11-22)14-16-6-2-1-3-7-16/h1-9,19H,10-15H2,(H,30,31)/t19-/m1/s1. The predicted octanol–water partition coefficient (Wildman–Crippen LogP) is 3.62. The van der Waals surface area contributed by atoms with E-state index >= 15 is 0 Å². The highest BCUT2D eigenvalue weighted by Gasteiger charge is 2.54. The molecule has 2 fully saturated rings. The smallest absolute Gasteiger partial charge is 0.417 e. The van der Waals surface area contributed by atoms with Gasteiger partial charge in [0.25, 0.3) is 5.91 Å². The van der Waals surface area contributed by atoms with E-state index in [1.54, 1.807) is 0 Å². The average molecular weight is 448 g/mol. The second-order valence-corrected chi connectivity index (χ2v) is 8.09. The summed E-state index contributed by atoms with van der Waals surface area (Å²) in [5.41, 5.74) is -1.78. The maximum absolute atomic E-state index is 13.5. The molecule has 9 heteroatoms. The van der Waals surface area contributed by atoms with Crippen LogP contribution in [0.2, 0.25) is 0 Å². The molecule has 0 aliphatic carbocycles. The number of aliphatic carboxylic acids is 1. The van der Waals surface area contributed by atoms with Crippen molar-refractivity contribution in [2.24, 2.45) is 0 Å². The van der Waals surface area contributed by atoms with Crippen LogP contribution in [0.4, 0.5) is 13.2 Å². The van der Waals surface area contributed by atoms with Crippen LogP contribution in [-0.2, 0) is 22.3 Å². The Balaban J connectivity index is 1.60. The summed E-state index contributed by atoms with van der Waals surface area (Å²) < 4.78 is 46.4. The first-order chi connectivity index (χ1) is 15.2. The predicted molar refractivity (Wildman–Crippen MR) is 109 cm³/mol. The molecule has 2 aromatic rings. The van der Waals surface area contributed by atoms with Crippen LogP contribution in [0.1, 0.15) is 34.3 Å². The number of likely N-dealkylation sites (tertiary alicyclic amines) is 1. The Kier molecular flexibility index (Phi) is 5.96. The van der Waals surface area contributed by atoms with E-state index in [1.165, 1.54) is 12.1 Å². The number of carbonyl (C=O) groups is 2. The molecule has 0 bridgehead atoms. The zero-order valence-corrected chi connectivity index (χ0v) is 17.2. The Bertz CT molecular complexity index is 988. The van der Waals surface area contributed by atoms with Gasteiger partial charge in [-0.3, -0.25) is 14.6 Å². The van der Waals surface area contributed by atoms with Gasteiger partial charge in [-0.2, -0.15) is 13.2 Å². The van der Waals surface area contributed by atoms with Crippen molar-refractivity contribution < 1.29 is 32.6 Å². The highest BCUT2D eigenvalue weighted by atomic mass is 19.4. The first kappa shape index (κ1) is 22.3. The van der Waals surface area contributed by atoms with Gasteiger partial charge in [0, 0.05) is 32.5 Å². The molecular formula is C23H23F3N2O4. The van der Waals surface area contributed by atoms with Crippen LogP contribution in [0.15, 0.2) is 54.6 Å². The van der Waals surface area contributed by atoms with Gasteiger partial charge in [0.2, 0.25) is 0 Å². The largest absolute Gasteiger partial charge is 0.480 e. The van der Waals surface area contributed by atoms with Crippen LogP contribution in [0.5, 0.6) is 0 Å². The van der Waals surface area contributed by atoms with Gasteiger partial charge in [0.1, 0.15) is 5.72 Å². The van der Waals surface area contributed by atoms with Gasteiger partial charge < -0.3 is 9.84 Å². The molecule has 2 saturated heterocycles. The van der Waals surface area contributed by atoms with E-state index in [0.29, 0.717) is 32.5 Å². The number of piperidine rings is 1. The number of carboxylic acid groups (broad SMARTS) is 1. The van der Waals surface area contributed by atoms with Gasteiger partial charge in [-0.15, -0.1) is 0 Å². The fraction of sp³-hybridized carbons (Fsp3) is 0.391. The molecule has 2 aromatic carbocycles. The molecule has 2 heterocycles. The average Bonchev–Trinajstić information content (AvgIpc) is 3.14. The summed E-state index contributed by atoms with van der Waals surface area (Å²) in [6.45, 7) is 1.47. The minimum Gasteiger partial charge on any atom is -0.480 e. The zero-order chi connectivity index (χ0) is 22.9. The molecule has 1 spiro atoms. The lowest BCUT2D eigenvalue weighted by Crippen LogP contribution is -2.58. The number of carboxylic acids is 1. The minimum absolute atomic E-state index is 0.256. The lowest BCUT2D eigenvalue weighted by atomic mass is 9.95. The summed E-state index contributed by atoms with van der Waals surface area (Å²) in [6.07, 6.45) is -4.12. The molecule has 0 aromatic heterocycles. The van der Waals surface area contributed by atoms with Gasteiger partial charge in [0.15, 0.2) is 6.04 Å². The fourth-order valence-corrected chi connectivity index (χ4v) is 4.50. The first-order valence-electron chi connectivity index (χ1n) is 10.3. The molecule has 170 valence electrons. The van der Waals surface area contributed by atoms with E-state index < -0.39 is 40.9 Å². The van der Waals surface area contributed by atoms with Crippen molar-refractivity contribution in [1.29, 1.82) is 0 Å². The van der Waals surface area contributed by atoms with Crippen LogP contribution in [0.25, 0.3) is 0 Å². The number of alkyl halides is 3. The molecule has 0 radical (unpaired) electrons. The molecule has 1 amide bonds. The number of benzene rings is 2. The van der Waals surface area contributed by atoms with Gasteiger partial charge in [0.05, 0.1) is 17.7 Å². The SMILES string of the molecule is O=C(O)[C@H]1COC2(CCN(Cc3ccccc3)CC2)N1C(=O)c1ccccc1C(F)(F)F. The van der Waals surface area contributed by atoms with Crippen LogP contribution in [0, 0.1) is 0 Å². The lowest BCUT2D eigenvalue weighted by Gasteiger charge is -2.44. The molecule has 1 N–H and O–H groups in total. The Labute approximate surface area is 183 Å². The van der Waals surface area contributed by atoms with Crippen LogP contribution in [-0.4, -0.2) is 58.2 Å². The van der Waals surface area contributed by atoms with Crippen molar-refractivity contribution in [3.63, 3.8) is 0 Å². The molecular weight excluding hydrogens is 425 g/mol. The summed E-state index contributed by atoms with van der Waals surface area (Å²) in [4.78, 5) is 28.4. The van der Waals surface area contributed by atoms with Crippen molar-refractivity contribution in [3.8, 4) is 0 Å². The fourth-order valence-electron chi connectivity index (χ4n) is 4.50. The van der Waals surface area contributed by atoms with Crippen molar-refractivity contribution >= 4 is 11.9 Å². The summed E-state index contributed by atoms with van der Waals surface area (Å²) in [5.74, 6) is -2.27. The molecule has 32 heavy (non-hydrogen) atoms. The number of carbonyl (C=O) groups excluding carboxylic acids is 1. The third kappa shape index (κ3) is 4.22. The van der Waals surface area contributed by atoms with Gasteiger partial charge in [-0.25, -0.2) is 4.79 Å². The van der Waals surface area contributed by atoms with E-state index in [9.17, 15) is 27.9 Å². The third-order valence-corrected chi connectivity index (χ3v) is 6.11. The summed E-state index contributed by atoms with van der Waals surface area (Å²) in [6, 6.07) is 12.9. The number of hydrogen-bond donors (Lipinski definition) is 1. The Morgan fingerprint density at radius 1 is 1.03 bits per heavy atom. The topological polar surface area (TPSA) is 70.1 Å². The normalized spacial score (nSPS) is 21.1. The molecule has 0 saturated carbocycles. The van der Waals surface area contributed by atoms with Crippen molar-refractivity contribution in [2.75, 3.05) is 19.7 Å². The molecule has 0 unspecified atom stereocenters. The quantitative estimate of drug-likeness (QED) is 0.774. The number of halogens is 3. The minimum atomic E-state index is -4.74. The van der Waals surface area contributed by atoms with E-state index in [1.807, 2.05) is 30.3 Å². The maximum atomic E-state index is 13.5. The Morgan fingerprint density at radius 3 is 2.28 bits per heavy atom. The summed E-state index contributed by atoms with van der Waals surface area (Å²) in [7, 11) is 0. The molecule has 1 atom stereocenters. The maximum Gasteiger partial charge on any atom is 0.417 e. The van der Waals surface area contributed by atoms with Gasteiger partial charge >= 0.3 is 12.1 Å². The summed E-state index contributed by atoms with van der Waals surface area (Å²) in [5, 5.41) is 9.66. The lowest BCUT2D eigenvalue weighted by molar-refractivity contribution is -0.144. The summed E-state index contributed by atoms with van der Waals surface area (Å²) >= 11 is 0. The van der Waals surface area contributed by atoms with E-state index in [4.69, 9.17) is 4.74 Å². The number of ether oxygens (including phenoxy) is 1. The first-order valence-corrected chi connectivity index (χ1v) is 10.3. The molecule has 6 nitrogen and oxygen atoms in total. The number of nitrogens with zero attached hydrogens (tertiary/aromatic N) is 2. The third-order valence-electron chi connectivity index (χ3n) is 6.11. The Hall–Kier alpha value is -2.91. The van der Waals surface area contributed by atoms with Crippen LogP contribution < -0.4 is 0 Å². The van der Waals surface area contributed by atoms with E-state index in [-0.39, 0.29) is 6.61 Å². The van der Waals surface area contributed by atoms with Gasteiger partial charge in [-0.1, -0.05) is 42.5 Å². The Morgan fingerprint density at radius 2 is 1.66 bits per heavy atom. The monoisotopic (exact) mass is 448 g/mol. The van der Waals surface area contributed by atoms with E-state index in [0.717, 1.165) is 22.6 Å². The molecule has 4 rings (SSSR count). The van der Waals surface area contributed by atoms with Crippen LogP contribution >= 0.6 is 0 Å². The van der Waals surface area contributed by atoms with Crippen LogP contribution in [0.3, 0.4) is 0 Å². The van der Waals surface area contributed by atoms with E-state index in [2.05, 4.69) is 4.90 Å². The second-order valence-electron chi connectivity index (χ2n) is 8.09. The van der Waals surface area contributed by atoms with Crippen molar-refractivity contribution in [1.82, 2.24) is 9.80 Å². The van der Waals surface area contributed by atoms with Gasteiger partial charge in [-0.05, 0) is 17.7 Å². The van der Waals surface area contributed by atoms with Crippen molar-refractivity contribution in [2.45, 2.75) is 37.3 Å². The highest BCUT2D eigenvalue weighted by Crippen LogP contribution is 2.40. The second kappa shape index (κ2) is 8.55. The molecule has 2 aliphatic heterocycles. The zero-order valence-electron chi connectivity index (χ0n) is 17.2.